The maximum atomic E-state index is 11.0. The van der Waals surface area contributed by atoms with Crippen LogP contribution in [0.15, 0.2) is 72.8 Å². The Bertz CT molecular complexity index is 983. The van der Waals surface area contributed by atoms with E-state index >= 15 is 0 Å². The van der Waals surface area contributed by atoms with E-state index in [1.165, 1.54) is 16.7 Å². The smallest absolute Gasteiger partial charge is 0.269 e. The lowest BCUT2D eigenvalue weighted by molar-refractivity contribution is -0.384. The van der Waals surface area contributed by atoms with Crippen LogP contribution in [0.2, 0.25) is 0 Å². The molecule has 4 heteroatoms. The van der Waals surface area contributed by atoms with Gasteiger partial charge in [0.1, 0.15) is 0 Å². The Morgan fingerprint density at radius 1 is 1.04 bits per heavy atom. The highest BCUT2D eigenvalue weighted by molar-refractivity contribution is 5.63. The Morgan fingerprint density at radius 2 is 1.74 bits per heavy atom. The minimum absolute atomic E-state index is 0.0891. The topological polar surface area (TPSA) is 55.2 Å². The van der Waals surface area contributed by atoms with E-state index in [1.54, 1.807) is 12.1 Å². The molecule has 1 aliphatic rings. The Hall–Kier alpha value is -3.14. The van der Waals surface area contributed by atoms with E-state index in [9.17, 15) is 10.1 Å². The number of non-ortho nitro benzene ring substituents is 1. The summed E-state index contributed by atoms with van der Waals surface area (Å²) in [6, 6.07) is 24.1. The summed E-state index contributed by atoms with van der Waals surface area (Å²) >= 11 is 0. The monoisotopic (exact) mass is 358 g/mol. The number of nitro groups is 1. The van der Waals surface area contributed by atoms with Gasteiger partial charge in [-0.15, -0.1) is 0 Å². The summed E-state index contributed by atoms with van der Waals surface area (Å²) in [5.74, 6) is 0. The molecular weight excluding hydrogens is 336 g/mol. The second-order valence-corrected chi connectivity index (χ2v) is 7.50. The standard InChI is InChI=1S/C23H22N2O2/c1-16-8-13-21-20(14-16)23(2,18-6-4-3-5-7-18)15-22(24-21)17-9-11-19(12-10-17)25(26)27/h3-14,22,24H,15H2,1-2H3/t22-,23-/m0/s1. The van der Waals surface area contributed by atoms with Crippen LogP contribution in [0.5, 0.6) is 0 Å². The van der Waals surface area contributed by atoms with Crippen LogP contribution in [-0.4, -0.2) is 4.92 Å². The molecule has 4 rings (SSSR count). The molecule has 2 atom stereocenters. The van der Waals surface area contributed by atoms with Gasteiger partial charge in [-0.3, -0.25) is 10.1 Å². The highest BCUT2D eigenvalue weighted by atomic mass is 16.6. The van der Waals surface area contributed by atoms with E-state index in [4.69, 9.17) is 0 Å². The first-order valence-electron chi connectivity index (χ1n) is 9.15. The van der Waals surface area contributed by atoms with Gasteiger partial charge in [-0.25, -0.2) is 0 Å². The lowest BCUT2D eigenvalue weighted by atomic mass is 9.68. The lowest BCUT2D eigenvalue weighted by Crippen LogP contribution is -2.34. The highest BCUT2D eigenvalue weighted by Gasteiger charge is 2.38. The van der Waals surface area contributed by atoms with Crippen molar-refractivity contribution in [2.24, 2.45) is 0 Å². The zero-order valence-electron chi connectivity index (χ0n) is 15.5. The summed E-state index contributed by atoms with van der Waals surface area (Å²) in [5.41, 5.74) is 6.00. The van der Waals surface area contributed by atoms with Crippen LogP contribution < -0.4 is 5.32 Å². The number of rotatable bonds is 3. The van der Waals surface area contributed by atoms with Crippen LogP contribution in [0.25, 0.3) is 0 Å². The summed E-state index contributed by atoms with van der Waals surface area (Å²) in [5, 5.41) is 14.6. The van der Waals surface area contributed by atoms with Crippen LogP contribution in [-0.2, 0) is 5.41 Å². The summed E-state index contributed by atoms with van der Waals surface area (Å²) in [7, 11) is 0. The molecule has 0 fully saturated rings. The van der Waals surface area contributed by atoms with Gasteiger partial charge < -0.3 is 5.32 Å². The number of aryl methyl sites for hydroxylation is 1. The molecule has 136 valence electrons. The minimum Gasteiger partial charge on any atom is -0.378 e. The molecule has 4 nitrogen and oxygen atoms in total. The second-order valence-electron chi connectivity index (χ2n) is 7.50. The number of nitrogens with one attached hydrogen (secondary N) is 1. The van der Waals surface area contributed by atoms with Gasteiger partial charge in [-0.2, -0.15) is 0 Å². The first kappa shape index (κ1) is 17.3. The van der Waals surface area contributed by atoms with Crippen molar-refractivity contribution >= 4 is 11.4 Å². The number of hydrogen-bond acceptors (Lipinski definition) is 3. The van der Waals surface area contributed by atoms with Crippen molar-refractivity contribution in [3.8, 4) is 0 Å². The first-order chi connectivity index (χ1) is 13.0. The minimum atomic E-state index is -0.357. The zero-order valence-corrected chi connectivity index (χ0v) is 15.5. The largest absolute Gasteiger partial charge is 0.378 e. The zero-order chi connectivity index (χ0) is 19.0. The summed E-state index contributed by atoms with van der Waals surface area (Å²) in [6.07, 6.45) is 0.880. The van der Waals surface area contributed by atoms with Gasteiger partial charge in [0.05, 0.1) is 11.0 Å². The predicted octanol–water partition coefficient (Wildman–Crippen LogP) is 5.77. The second kappa shape index (κ2) is 6.54. The van der Waals surface area contributed by atoms with Gasteiger partial charge in [0.2, 0.25) is 0 Å². The lowest BCUT2D eigenvalue weighted by Gasteiger charge is -2.42. The van der Waals surface area contributed by atoms with Crippen molar-refractivity contribution < 1.29 is 4.92 Å². The molecule has 27 heavy (non-hydrogen) atoms. The van der Waals surface area contributed by atoms with Crippen LogP contribution in [0, 0.1) is 17.0 Å². The molecule has 0 saturated carbocycles. The van der Waals surface area contributed by atoms with E-state index in [2.05, 4.69) is 61.6 Å². The number of fused-ring (bicyclic) bond motifs is 1. The van der Waals surface area contributed by atoms with Crippen molar-refractivity contribution in [1.82, 2.24) is 0 Å². The molecule has 0 bridgehead atoms. The van der Waals surface area contributed by atoms with Crippen molar-refractivity contribution in [2.75, 3.05) is 5.32 Å². The molecule has 1 heterocycles. The van der Waals surface area contributed by atoms with Crippen molar-refractivity contribution in [1.29, 1.82) is 0 Å². The van der Waals surface area contributed by atoms with Gasteiger partial charge in [0, 0.05) is 23.2 Å². The molecule has 0 amide bonds. The van der Waals surface area contributed by atoms with Gasteiger partial charge in [-0.05, 0) is 36.1 Å². The Morgan fingerprint density at radius 3 is 2.41 bits per heavy atom. The maximum Gasteiger partial charge on any atom is 0.269 e. The van der Waals surface area contributed by atoms with E-state index < -0.39 is 0 Å². The number of anilines is 1. The van der Waals surface area contributed by atoms with Crippen LogP contribution in [0.3, 0.4) is 0 Å². The van der Waals surface area contributed by atoms with Gasteiger partial charge in [0.15, 0.2) is 0 Å². The summed E-state index contributed by atoms with van der Waals surface area (Å²) in [6.45, 7) is 4.41. The van der Waals surface area contributed by atoms with Crippen LogP contribution >= 0.6 is 0 Å². The third-order valence-electron chi connectivity index (χ3n) is 5.63. The SMILES string of the molecule is Cc1ccc2c(c1)[C@](C)(c1ccccc1)C[C@@H](c1ccc([N+](=O)[O-])cc1)N2. The van der Waals surface area contributed by atoms with E-state index in [1.807, 2.05) is 18.2 Å². The summed E-state index contributed by atoms with van der Waals surface area (Å²) < 4.78 is 0. The third-order valence-corrected chi connectivity index (χ3v) is 5.63. The van der Waals surface area contributed by atoms with E-state index in [0.29, 0.717) is 0 Å². The highest BCUT2D eigenvalue weighted by Crippen LogP contribution is 2.48. The Labute approximate surface area is 159 Å². The molecule has 0 saturated heterocycles. The van der Waals surface area contributed by atoms with Crippen LogP contribution in [0.1, 0.15) is 41.6 Å². The van der Waals surface area contributed by atoms with E-state index in [-0.39, 0.29) is 22.1 Å². The average Bonchev–Trinajstić information content (AvgIpc) is 2.69. The predicted molar refractivity (Wildman–Crippen MR) is 108 cm³/mol. The first-order valence-corrected chi connectivity index (χ1v) is 9.15. The number of hydrogen-bond donors (Lipinski definition) is 1. The van der Waals surface area contributed by atoms with E-state index in [0.717, 1.165) is 17.7 Å². The fourth-order valence-corrected chi connectivity index (χ4v) is 4.11. The quantitative estimate of drug-likeness (QED) is 0.478. The molecule has 0 spiro atoms. The molecule has 1 N–H and O–H groups in total. The molecule has 3 aromatic rings. The van der Waals surface area contributed by atoms with Gasteiger partial charge in [0.25, 0.3) is 5.69 Å². The molecular formula is C23H22N2O2. The van der Waals surface area contributed by atoms with Crippen molar-refractivity contribution in [2.45, 2.75) is 31.7 Å². The van der Waals surface area contributed by atoms with Gasteiger partial charge in [-0.1, -0.05) is 67.1 Å². The van der Waals surface area contributed by atoms with Gasteiger partial charge >= 0.3 is 0 Å². The number of benzene rings is 3. The number of nitrogens with zero attached hydrogens (tertiary/aromatic N) is 1. The van der Waals surface area contributed by atoms with Crippen LogP contribution in [0.4, 0.5) is 11.4 Å². The molecule has 1 aliphatic heterocycles. The van der Waals surface area contributed by atoms with Crippen molar-refractivity contribution in [3.05, 3.63) is 105 Å². The summed E-state index contributed by atoms with van der Waals surface area (Å²) in [4.78, 5) is 10.6. The molecule has 0 radical (unpaired) electrons. The normalized spacial score (nSPS) is 21.2. The Kier molecular flexibility index (Phi) is 4.19. The average molecular weight is 358 g/mol. The Balaban J connectivity index is 1.80. The third kappa shape index (κ3) is 3.08. The molecule has 0 aliphatic carbocycles. The molecule has 0 aromatic heterocycles. The number of nitro benzene ring substituents is 1. The molecule has 3 aromatic carbocycles. The maximum absolute atomic E-state index is 11.0. The molecule has 0 unspecified atom stereocenters. The fraction of sp³-hybridized carbons (Fsp3) is 0.217. The fourth-order valence-electron chi connectivity index (χ4n) is 4.11. The van der Waals surface area contributed by atoms with Crippen molar-refractivity contribution in [3.63, 3.8) is 0 Å².